The molecule has 1 N–H and O–H groups in total. The van der Waals surface area contributed by atoms with Crippen LogP contribution in [-0.2, 0) is 9.53 Å². The Labute approximate surface area is 165 Å². The molecule has 0 spiro atoms. The van der Waals surface area contributed by atoms with Gasteiger partial charge in [-0.15, -0.1) is 0 Å². The van der Waals surface area contributed by atoms with E-state index in [2.05, 4.69) is 16.5 Å². The van der Waals surface area contributed by atoms with Crippen molar-refractivity contribution in [3.8, 4) is 0 Å². The molecule has 2 aromatic rings. The predicted octanol–water partition coefficient (Wildman–Crippen LogP) is 3.25. The minimum absolute atomic E-state index is 0.000526. The second-order valence-electron chi connectivity index (χ2n) is 7.38. The normalized spacial score (nSPS) is 16.2. The highest BCUT2D eigenvalue weighted by atomic mass is 16.5. The van der Waals surface area contributed by atoms with Crippen molar-refractivity contribution in [1.29, 1.82) is 0 Å². The highest BCUT2D eigenvalue weighted by Gasteiger charge is 2.25. The largest absolute Gasteiger partial charge is 0.376 e. The monoisotopic (exact) mass is 385 g/mol. The molecule has 1 saturated heterocycles. The van der Waals surface area contributed by atoms with Crippen LogP contribution in [0.5, 0.6) is 0 Å². The third kappa shape index (κ3) is 5.42. The standard InChI is InChI=1S/C21H27N3O4/c1-14-9-15(2)11-17(10-14)22-20(25)6-7-24(13-18-5-4-8-27-18)21(26)19-12-16(3)28-23-19/h9-12,18H,4-8,13H2,1-3H3,(H,22,25). The Hall–Kier alpha value is -2.67. The zero-order valence-electron chi connectivity index (χ0n) is 16.7. The van der Waals surface area contributed by atoms with Crippen LogP contribution in [0, 0.1) is 20.8 Å². The van der Waals surface area contributed by atoms with E-state index in [0.29, 0.717) is 25.5 Å². The minimum atomic E-state index is -0.244. The van der Waals surface area contributed by atoms with Crippen LogP contribution in [0.2, 0.25) is 0 Å². The summed E-state index contributed by atoms with van der Waals surface area (Å²) in [5.74, 6) is 0.200. The number of anilines is 1. The highest BCUT2D eigenvalue weighted by Crippen LogP contribution is 2.17. The average molecular weight is 385 g/mol. The molecule has 3 rings (SSSR count). The van der Waals surface area contributed by atoms with E-state index in [1.54, 1.807) is 17.9 Å². The average Bonchev–Trinajstić information content (AvgIpc) is 3.28. The first kappa shape index (κ1) is 20.1. The summed E-state index contributed by atoms with van der Waals surface area (Å²) in [6.07, 6.45) is 2.10. The first-order valence-corrected chi connectivity index (χ1v) is 9.63. The Balaban J connectivity index is 1.62. The number of aryl methyl sites for hydroxylation is 3. The minimum Gasteiger partial charge on any atom is -0.376 e. The van der Waals surface area contributed by atoms with Gasteiger partial charge in [0.05, 0.1) is 6.10 Å². The molecule has 0 radical (unpaired) electrons. The van der Waals surface area contributed by atoms with Gasteiger partial charge in [0, 0.05) is 37.9 Å². The SMILES string of the molecule is Cc1cc(C)cc(NC(=O)CCN(CC2CCCO2)C(=O)c2cc(C)on2)c1. The molecule has 2 heterocycles. The summed E-state index contributed by atoms with van der Waals surface area (Å²) in [4.78, 5) is 26.9. The molecule has 150 valence electrons. The van der Waals surface area contributed by atoms with Crippen LogP contribution in [0.4, 0.5) is 5.69 Å². The summed E-state index contributed by atoms with van der Waals surface area (Å²) >= 11 is 0. The molecule has 1 aliphatic heterocycles. The Bertz CT molecular complexity index is 820. The van der Waals surface area contributed by atoms with Gasteiger partial charge in [-0.3, -0.25) is 9.59 Å². The molecule has 1 unspecified atom stereocenters. The number of rotatable bonds is 7. The lowest BCUT2D eigenvalue weighted by molar-refractivity contribution is -0.116. The highest BCUT2D eigenvalue weighted by molar-refractivity contribution is 5.94. The van der Waals surface area contributed by atoms with Gasteiger partial charge in [0.25, 0.3) is 5.91 Å². The Morgan fingerprint density at radius 2 is 1.93 bits per heavy atom. The molecule has 28 heavy (non-hydrogen) atoms. The lowest BCUT2D eigenvalue weighted by Crippen LogP contribution is -2.39. The van der Waals surface area contributed by atoms with Crippen molar-refractivity contribution in [1.82, 2.24) is 10.1 Å². The lowest BCUT2D eigenvalue weighted by Gasteiger charge is -2.24. The molecular weight excluding hydrogens is 358 g/mol. The molecule has 1 atom stereocenters. The predicted molar refractivity (Wildman–Crippen MR) is 105 cm³/mol. The molecule has 7 heteroatoms. The number of nitrogens with one attached hydrogen (secondary N) is 1. The van der Waals surface area contributed by atoms with Gasteiger partial charge >= 0.3 is 0 Å². The summed E-state index contributed by atoms with van der Waals surface area (Å²) in [5.41, 5.74) is 3.20. The van der Waals surface area contributed by atoms with E-state index in [-0.39, 0.29) is 30.0 Å². The number of carbonyl (C=O) groups excluding carboxylic acids is 2. The molecule has 7 nitrogen and oxygen atoms in total. The number of carbonyl (C=O) groups is 2. The van der Waals surface area contributed by atoms with Crippen LogP contribution < -0.4 is 5.32 Å². The van der Waals surface area contributed by atoms with Crippen LogP contribution in [0.3, 0.4) is 0 Å². The van der Waals surface area contributed by atoms with E-state index in [9.17, 15) is 9.59 Å². The fraction of sp³-hybridized carbons (Fsp3) is 0.476. The van der Waals surface area contributed by atoms with Gasteiger partial charge in [0.2, 0.25) is 5.91 Å². The molecule has 2 amide bonds. The van der Waals surface area contributed by atoms with E-state index in [1.165, 1.54) is 0 Å². The van der Waals surface area contributed by atoms with Crippen LogP contribution in [0.25, 0.3) is 0 Å². The summed E-state index contributed by atoms with van der Waals surface area (Å²) in [7, 11) is 0. The number of nitrogens with zero attached hydrogens (tertiary/aromatic N) is 2. The van der Waals surface area contributed by atoms with Crippen molar-refractivity contribution in [2.24, 2.45) is 0 Å². The number of aromatic nitrogens is 1. The molecule has 1 aromatic heterocycles. The van der Waals surface area contributed by atoms with Gasteiger partial charge in [-0.2, -0.15) is 0 Å². The third-order valence-electron chi connectivity index (χ3n) is 4.70. The number of benzene rings is 1. The smallest absolute Gasteiger partial charge is 0.276 e. The van der Waals surface area contributed by atoms with E-state index in [4.69, 9.17) is 9.26 Å². The third-order valence-corrected chi connectivity index (χ3v) is 4.70. The zero-order chi connectivity index (χ0) is 20.1. The fourth-order valence-electron chi connectivity index (χ4n) is 3.45. The van der Waals surface area contributed by atoms with Crippen molar-refractivity contribution in [3.05, 3.63) is 46.8 Å². The van der Waals surface area contributed by atoms with Gasteiger partial charge in [-0.25, -0.2) is 0 Å². The van der Waals surface area contributed by atoms with Gasteiger partial charge in [0.15, 0.2) is 5.69 Å². The van der Waals surface area contributed by atoms with Crippen molar-refractivity contribution in [3.63, 3.8) is 0 Å². The first-order chi connectivity index (χ1) is 13.4. The van der Waals surface area contributed by atoms with Crippen LogP contribution >= 0.6 is 0 Å². The van der Waals surface area contributed by atoms with E-state index in [0.717, 1.165) is 29.7 Å². The van der Waals surface area contributed by atoms with Crippen LogP contribution in [0.1, 0.15) is 46.6 Å². The molecule has 0 bridgehead atoms. The van der Waals surface area contributed by atoms with E-state index < -0.39 is 0 Å². The Morgan fingerprint density at radius 3 is 2.54 bits per heavy atom. The van der Waals surface area contributed by atoms with Crippen molar-refractivity contribution in [2.75, 3.05) is 25.0 Å². The van der Waals surface area contributed by atoms with E-state index in [1.807, 2.05) is 26.0 Å². The fourth-order valence-corrected chi connectivity index (χ4v) is 3.45. The second-order valence-corrected chi connectivity index (χ2v) is 7.38. The van der Waals surface area contributed by atoms with E-state index >= 15 is 0 Å². The molecule has 0 saturated carbocycles. The lowest BCUT2D eigenvalue weighted by atomic mass is 10.1. The summed E-state index contributed by atoms with van der Waals surface area (Å²) in [6, 6.07) is 7.52. The van der Waals surface area contributed by atoms with Gasteiger partial charge < -0.3 is 19.5 Å². The van der Waals surface area contributed by atoms with Gasteiger partial charge in [-0.05, 0) is 56.9 Å². The maximum Gasteiger partial charge on any atom is 0.276 e. The number of hydrogen-bond donors (Lipinski definition) is 1. The maximum atomic E-state index is 12.8. The summed E-state index contributed by atoms with van der Waals surface area (Å²) < 4.78 is 10.7. The zero-order valence-corrected chi connectivity index (χ0v) is 16.7. The maximum absolute atomic E-state index is 12.8. The molecule has 0 aliphatic carbocycles. The van der Waals surface area contributed by atoms with Crippen LogP contribution in [0.15, 0.2) is 28.8 Å². The molecule has 1 aromatic carbocycles. The Morgan fingerprint density at radius 1 is 1.18 bits per heavy atom. The van der Waals surface area contributed by atoms with Crippen molar-refractivity contribution >= 4 is 17.5 Å². The number of hydrogen-bond acceptors (Lipinski definition) is 5. The summed E-state index contributed by atoms with van der Waals surface area (Å²) in [5, 5.41) is 6.73. The quantitative estimate of drug-likeness (QED) is 0.791. The van der Waals surface area contributed by atoms with Crippen molar-refractivity contribution < 1.29 is 18.8 Å². The van der Waals surface area contributed by atoms with Crippen molar-refractivity contribution in [2.45, 2.75) is 46.1 Å². The molecule has 1 fully saturated rings. The summed E-state index contributed by atoms with van der Waals surface area (Å²) in [6.45, 7) is 7.17. The number of ether oxygens (including phenoxy) is 1. The molecular formula is C21H27N3O4. The van der Waals surface area contributed by atoms with Gasteiger partial charge in [0.1, 0.15) is 5.76 Å². The first-order valence-electron chi connectivity index (χ1n) is 9.63. The van der Waals surface area contributed by atoms with Gasteiger partial charge in [-0.1, -0.05) is 11.2 Å². The number of amides is 2. The van der Waals surface area contributed by atoms with Crippen LogP contribution in [-0.4, -0.2) is 47.7 Å². The Kier molecular flexibility index (Phi) is 6.46. The topological polar surface area (TPSA) is 84.7 Å². The second kappa shape index (κ2) is 9.01. The molecule has 1 aliphatic rings.